The molecule has 0 bridgehead atoms. The van der Waals surface area contributed by atoms with E-state index in [2.05, 4.69) is 0 Å². The third kappa shape index (κ3) is 4.01. The Labute approximate surface area is 177 Å². The molecule has 0 radical (unpaired) electrons. The van der Waals surface area contributed by atoms with Crippen molar-refractivity contribution in [3.63, 3.8) is 0 Å². The summed E-state index contributed by atoms with van der Waals surface area (Å²) in [4.78, 5) is 38.0. The van der Waals surface area contributed by atoms with Gasteiger partial charge in [0.05, 0.1) is 13.7 Å². The Morgan fingerprint density at radius 3 is 2.87 bits per heavy atom. The summed E-state index contributed by atoms with van der Waals surface area (Å²) in [5, 5.41) is 0. The number of aryl methyl sites for hydroxylation is 1. The van der Waals surface area contributed by atoms with Crippen LogP contribution in [0, 0.1) is 6.92 Å². The van der Waals surface area contributed by atoms with Gasteiger partial charge in [-0.1, -0.05) is 12.1 Å². The fourth-order valence-corrected chi connectivity index (χ4v) is 4.38. The number of amides is 2. The number of benzene rings is 1. The molecule has 0 aliphatic carbocycles. The molecule has 2 aliphatic rings. The minimum Gasteiger partial charge on any atom is -0.497 e. The van der Waals surface area contributed by atoms with Crippen molar-refractivity contribution < 1.29 is 14.3 Å². The first-order valence-corrected chi connectivity index (χ1v) is 10.5. The quantitative estimate of drug-likeness (QED) is 0.777. The minimum absolute atomic E-state index is 0.0726. The van der Waals surface area contributed by atoms with Gasteiger partial charge in [-0.15, -0.1) is 0 Å². The normalized spacial score (nSPS) is 18.9. The summed E-state index contributed by atoms with van der Waals surface area (Å²) >= 11 is 0. The van der Waals surface area contributed by atoms with Gasteiger partial charge in [-0.05, 0) is 43.9 Å². The Hall–Kier alpha value is -2.96. The maximum atomic E-state index is 12.8. The second-order valence-corrected chi connectivity index (χ2v) is 8.10. The van der Waals surface area contributed by atoms with Gasteiger partial charge in [-0.25, -0.2) is 9.97 Å². The highest BCUT2D eigenvalue weighted by Crippen LogP contribution is 2.33. The second kappa shape index (κ2) is 8.42. The van der Waals surface area contributed by atoms with Crippen LogP contribution in [-0.4, -0.2) is 46.9 Å². The van der Waals surface area contributed by atoms with Crippen LogP contribution in [-0.2, 0) is 22.6 Å². The van der Waals surface area contributed by atoms with Gasteiger partial charge in [-0.3, -0.25) is 14.5 Å². The molecule has 0 spiro atoms. The molecule has 158 valence electrons. The predicted octanol–water partition coefficient (Wildman–Crippen LogP) is 3.00. The van der Waals surface area contributed by atoms with Crippen LogP contribution in [0.2, 0.25) is 0 Å². The van der Waals surface area contributed by atoms with Crippen LogP contribution in [0.15, 0.2) is 24.3 Å². The lowest BCUT2D eigenvalue weighted by Gasteiger charge is -2.33. The number of hydrogen-bond acceptors (Lipinski definition) is 5. The average molecular weight is 409 g/mol. The van der Waals surface area contributed by atoms with Gasteiger partial charge in [0.2, 0.25) is 11.8 Å². The topological polar surface area (TPSA) is 75.6 Å². The zero-order valence-corrected chi connectivity index (χ0v) is 17.9. The maximum absolute atomic E-state index is 12.8. The number of rotatable bonds is 4. The molecule has 0 unspecified atom stereocenters. The van der Waals surface area contributed by atoms with E-state index >= 15 is 0 Å². The van der Waals surface area contributed by atoms with E-state index in [0.717, 1.165) is 53.6 Å². The van der Waals surface area contributed by atoms with E-state index in [4.69, 9.17) is 14.7 Å². The van der Waals surface area contributed by atoms with Crippen LogP contribution in [0.25, 0.3) is 0 Å². The molecule has 1 fully saturated rings. The molecule has 2 amide bonds. The van der Waals surface area contributed by atoms with Crippen molar-refractivity contribution in [1.29, 1.82) is 0 Å². The molecule has 2 aliphatic heterocycles. The number of ether oxygens (including phenoxy) is 1. The Bertz CT molecular complexity index is 975. The van der Waals surface area contributed by atoms with Crippen molar-refractivity contribution >= 4 is 17.6 Å². The first-order valence-electron chi connectivity index (χ1n) is 10.5. The molecule has 1 aromatic heterocycles. The molecule has 0 saturated carbocycles. The molecule has 7 heteroatoms. The standard InChI is InChI=1S/C23H28N4O3/c1-15-20-9-10-21(29)27(13-17-6-4-8-19(12-17)30-3)23(20)25-22(24-15)18-7-5-11-26(14-18)16(2)28/h4,6,8,12,18H,5,7,9-11,13-14H2,1-3H3/t18-/m1/s1. The van der Waals surface area contributed by atoms with Crippen molar-refractivity contribution in [3.8, 4) is 5.75 Å². The smallest absolute Gasteiger partial charge is 0.228 e. The Morgan fingerprint density at radius 1 is 1.27 bits per heavy atom. The zero-order chi connectivity index (χ0) is 21.3. The molecule has 2 aromatic rings. The first kappa shape index (κ1) is 20.3. The second-order valence-electron chi connectivity index (χ2n) is 8.10. The van der Waals surface area contributed by atoms with E-state index in [1.165, 1.54) is 0 Å². The molecule has 1 aromatic carbocycles. The number of fused-ring (bicyclic) bond motifs is 1. The molecule has 30 heavy (non-hydrogen) atoms. The average Bonchev–Trinajstić information content (AvgIpc) is 2.76. The summed E-state index contributed by atoms with van der Waals surface area (Å²) in [5.74, 6) is 2.48. The van der Waals surface area contributed by atoms with Gasteiger partial charge in [0, 0.05) is 43.6 Å². The number of methoxy groups -OCH3 is 1. The monoisotopic (exact) mass is 408 g/mol. The summed E-state index contributed by atoms with van der Waals surface area (Å²) in [6, 6.07) is 7.76. The Morgan fingerprint density at radius 2 is 2.10 bits per heavy atom. The first-order chi connectivity index (χ1) is 14.5. The Kier molecular flexibility index (Phi) is 5.70. The van der Waals surface area contributed by atoms with E-state index in [9.17, 15) is 9.59 Å². The summed E-state index contributed by atoms with van der Waals surface area (Å²) < 4.78 is 5.33. The van der Waals surface area contributed by atoms with Crippen LogP contribution in [0.1, 0.15) is 54.7 Å². The van der Waals surface area contributed by atoms with Crippen LogP contribution < -0.4 is 9.64 Å². The number of anilines is 1. The van der Waals surface area contributed by atoms with Crippen molar-refractivity contribution in [2.24, 2.45) is 0 Å². The van der Waals surface area contributed by atoms with E-state index in [1.807, 2.05) is 36.1 Å². The number of carbonyl (C=O) groups excluding carboxylic acids is 2. The molecule has 1 atom stereocenters. The molecular formula is C23H28N4O3. The summed E-state index contributed by atoms with van der Waals surface area (Å²) in [7, 11) is 1.64. The highest BCUT2D eigenvalue weighted by molar-refractivity contribution is 5.95. The zero-order valence-electron chi connectivity index (χ0n) is 17.9. The molecular weight excluding hydrogens is 380 g/mol. The molecule has 7 nitrogen and oxygen atoms in total. The van der Waals surface area contributed by atoms with Gasteiger partial charge in [0.25, 0.3) is 0 Å². The van der Waals surface area contributed by atoms with Crippen molar-refractivity contribution in [2.45, 2.75) is 52.0 Å². The lowest BCUT2D eigenvalue weighted by Crippen LogP contribution is -2.39. The van der Waals surface area contributed by atoms with Gasteiger partial charge in [0.1, 0.15) is 17.4 Å². The van der Waals surface area contributed by atoms with Crippen molar-refractivity contribution in [1.82, 2.24) is 14.9 Å². The highest BCUT2D eigenvalue weighted by Gasteiger charge is 2.31. The minimum atomic E-state index is 0.0726. The third-order valence-corrected chi connectivity index (χ3v) is 6.06. The molecule has 3 heterocycles. The number of piperidine rings is 1. The van der Waals surface area contributed by atoms with Gasteiger partial charge < -0.3 is 9.64 Å². The number of hydrogen-bond donors (Lipinski definition) is 0. The van der Waals surface area contributed by atoms with Crippen molar-refractivity contribution in [2.75, 3.05) is 25.1 Å². The summed E-state index contributed by atoms with van der Waals surface area (Å²) in [6.45, 7) is 5.47. The molecule has 4 rings (SSSR count). The fraction of sp³-hybridized carbons (Fsp3) is 0.478. The maximum Gasteiger partial charge on any atom is 0.228 e. The predicted molar refractivity (Wildman–Crippen MR) is 114 cm³/mol. The number of carbonyl (C=O) groups is 2. The SMILES string of the molecule is COc1cccc(CN2C(=O)CCc3c(C)nc([C@@H]4CCCN(C(C)=O)C4)nc32)c1. The van der Waals surface area contributed by atoms with E-state index in [-0.39, 0.29) is 17.7 Å². The van der Waals surface area contributed by atoms with Crippen molar-refractivity contribution in [3.05, 3.63) is 46.9 Å². The third-order valence-electron chi connectivity index (χ3n) is 6.06. The molecule has 1 saturated heterocycles. The number of aromatic nitrogens is 2. The van der Waals surface area contributed by atoms with Crippen LogP contribution in [0.4, 0.5) is 5.82 Å². The number of likely N-dealkylation sites (tertiary alicyclic amines) is 1. The van der Waals surface area contributed by atoms with E-state index in [0.29, 0.717) is 25.9 Å². The fourth-order valence-electron chi connectivity index (χ4n) is 4.38. The lowest BCUT2D eigenvalue weighted by molar-refractivity contribution is -0.130. The largest absolute Gasteiger partial charge is 0.497 e. The van der Waals surface area contributed by atoms with Gasteiger partial charge in [-0.2, -0.15) is 0 Å². The van der Waals surface area contributed by atoms with E-state index < -0.39 is 0 Å². The molecule has 0 N–H and O–H groups in total. The highest BCUT2D eigenvalue weighted by atomic mass is 16.5. The Balaban J connectivity index is 1.67. The van der Waals surface area contributed by atoms with Gasteiger partial charge >= 0.3 is 0 Å². The summed E-state index contributed by atoms with van der Waals surface area (Å²) in [6.07, 6.45) is 3.02. The lowest BCUT2D eigenvalue weighted by atomic mass is 9.96. The van der Waals surface area contributed by atoms with Crippen LogP contribution >= 0.6 is 0 Å². The summed E-state index contributed by atoms with van der Waals surface area (Å²) in [5.41, 5.74) is 2.97. The van der Waals surface area contributed by atoms with Gasteiger partial charge in [0.15, 0.2) is 0 Å². The van der Waals surface area contributed by atoms with Crippen LogP contribution in [0.5, 0.6) is 5.75 Å². The number of nitrogens with zero attached hydrogens (tertiary/aromatic N) is 4. The van der Waals surface area contributed by atoms with E-state index in [1.54, 1.807) is 18.9 Å². The van der Waals surface area contributed by atoms with Crippen LogP contribution in [0.3, 0.4) is 0 Å².